The largest absolute Gasteiger partial charge is 0.465 e. The normalized spacial score (nSPS) is 16.3. The number of hydrogen-bond acceptors (Lipinski definition) is 4. The lowest BCUT2D eigenvalue weighted by Crippen LogP contribution is -2.59. The maximum Gasteiger partial charge on any atom is 0.419 e. The third-order valence-corrected chi connectivity index (χ3v) is 2.46. The fraction of sp³-hybridized carbons (Fsp3) is 0.444. The number of carboxylic acid groups (broad SMARTS) is 1. The molecule has 1 aromatic rings. The molecule has 0 unspecified atom stereocenters. The van der Waals surface area contributed by atoms with Gasteiger partial charge < -0.3 is 15.3 Å². The third-order valence-electron chi connectivity index (χ3n) is 2.46. The highest BCUT2D eigenvalue weighted by Gasteiger charge is 2.33. The van der Waals surface area contributed by atoms with Gasteiger partial charge in [0.15, 0.2) is 0 Å². The summed E-state index contributed by atoms with van der Waals surface area (Å²) in [6.07, 6.45) is -4.17. The van der Waals surface area contributed by atoms with Crippen LogP contribution in [0, 0.1) is 0 Å². The minimum absolute atomic E-state index is 0.159. The van der Waals surface area contributed by atoms with Crippen molar-refractivity contribution < 1.29 is 23.1 Å². The van der Waals surface area contributed by atoms with Crippen LogP contribution in [0.15, 0.2) is 12.4 Å². The molecule has 6 nitrogen and oxygen atoms in total. The molecule has 0 bridgehead atoms. The molecule has 0 radical (unpaired) electrons. The first kappa shape index (κ1) is 12.4. The molecule has 0 saturated carbocycles. The Morgan fingerprint density at radius 2 is 1.94 bits per heavy atom. The topological polar surface area (TPSA) is 78.4 Å². The van der Waals surface area contributed by atoms with Crippen LogP contribution in [0.1, 0.15) is 5.56 Å². The molecule has 0 spiro atoms. The molecule has 1 aliphatic heterocycles. The highest BCUT2D eigenvalue weighted by Crippen LogP contribution is 2.28. The second-order valence-corrected chi connectivity index (χ2v) is 3.82. The summed E-state index contributed by atoms with van der Waals surface area (Å²) in [5, 5.41) is 10.7. The minimum Gasteiger partial charge on any atom is -0.465 e. The van der Waals surface area contributed by atoms with E-state index in [1.54, 1.807) is 4.90 Å². The lowest BCUT2D eigenvalue weighted by molar-refractivity contribution is -0.138. The van der Waals surface area contributed by atoms with Crippen molar-refractivity contribution in [3.05, 3.63) is 18.0 Å². The van der Waals surface area contributed by atoms with Gasteiger partial charge in [0.2, 0.25) is 5.95 Å². The first-order valence-corrected chi connectivity index (χ1v) is 5.00. The number of nitrogens with one attached hydrogen (secondary N) is 1. The third kappa shape index (κ3) is 2.60. The molecule has 2 rings (SSSR count). The van der Waals surface area contributed by atoms with Crippen molar-refractivity contribution in [2.24, 2.45) is 0 Å². The SMILES string of the molecule is O=C(O)NC1CN(c2ncc(C(F)(F)F)cn2)C1. The molecule has 1 saturated heterocycles. The predicted octanol–water partition coefficient (Wildman–Crippen LogP) is 0.952. The maximum atomic E-state index is 12.3. The lowest BCUT2D eigenvalue weighted by Gasteiger charge is -2.38. The van der Waals surface area contributed by atoms with E-state index in [1.807, 2.05) is 0 Å². The van der Waals surface area contributed by atoms with Crippen LogP contribution >= 0.6 is 0 Å². The number of alkyl halides is 3. The molecule has 1 fully saturated rings. The van der Waals surface area contributed by atoms with Gasteiger partial charge in [-0.3, -0.25) is 0 Å². The van der Waals surface area contributed by atoms with E-state index in [4.69, 9.17) is 5.11 Å². The quantitative estimate of drug-likeness (QED) is 0.829. The van der Waals surface area contributed by atoms with Crippen molar-refractivity contribution in [1.29, 1.82) is 0 Å². The Labute approximate surface area is 99.5 Å². The number of rotatable bonds is 2. The van der Waals surface area contributed by atoms with Gasteiger partial charge in [-0.05, 0) is 0 Å². The Kier molecular flexibility index (Phi) is 2.97. The Morgan fingerprint density at radius 1 is 1.39 bits per heavy atom. The zero-order valence-corrected chi connectivity index (χ0v) is 8.98. The first-order chi connectivity index (χ1) is 8.36. The van der Waals surface area contributed by atoms with E-state index in [1.165, 1.54) is 0 Å². The Hall–Kier alpha value is -2.06. The van der Waals surface area contributed by atoms with Crippen molar-refractivity contribution in [2.75, 3.05) is 18.0 Å². The van der Waals surface area contributed by atoms with Crippen LogP contribution in [0.25, 0.3) is 0 Å². The summed E-state index contributed by atoms with van der Waals surface area (Å²) >= 11 is 0. The molecule has 0 aliphatic carbocycles. The zero-order chi connectivity index (χ0) is 13.3. The molecule has 9 heteroatoms. The highest BCUT2D eigenvalue weighted by atomic mass is 19.4. The van der Waals surface area contributed by atoms with Crippen molar-refractivity contribution >= 4 is 12.0 Å². The second-order valence-electron chi connectivity index (χ2n) is 3.82. The summed E-state index contributed by atoms with van der Waals surface area (Å²) < 4.78 is 36.8. The summed E-state index contributed by atoms with van der Waals surface area (Å²) in [4.78, 5) is 19.1. The van der Waals surface area contributed by atoms with Crippen LogP contribution in [0.2, 0.25) is 0 Å². The smallest absolute Gasteiger partial charge is 0.419 e. The molecular weight excluding hydrogens is 253 g/mol. The van der Waals surface area contributed by atoms with Gasteiger partial charge in [0.1, 0.15) is 0 Å². The van der Waals surface area contributed by atoms with E-state index in [0.717, 1.165) is 0 Å². The van der Waals surface area contributed by atoms with Gasteiger partial charge in [0.25, 0.3) is 0 Å². The van der Waals surface area contributed by atoms with E-state index < -0.39 is 17.8 Å². The van der Waals surface area contributed by atoms with Crippen molar-refractivity contribution in [3.8, 4) is 0 Å². The Morgan fingerprint density at radius 3 is 2.39 bits per heavy atom. The van der Waals surface area contributed by atoms with E-state index in [9.17, 15) is 18.0 Å². The summed E-state index contributed by atoms with van der Waals surface area (Å²) in [5.74, 6) is 0.159. The second kappa shape index (κ2) is 4.31. The van der Waals surface area contributed by atoms with Crippen LogP contribution in [0.3, 0.4) is 0 Å². The lowest BCUT2D eigenvalue weighted by atomic mass is 10.1. The van der Waals surface area contributed by atoms with Crippen molar-refractivity contribution in [2.45, 2.75) is 12.2 Å². The van der Waals surface area contributed by atoms with Gasteiger partial charge in [0, 0.05) is 25.5 Å². The molecule has 0 atom stereocenters. The summed E-state index contributed by atoms with van der Waals surface area (Å²) in [7, 11) is 0. The van der Waals surface area contributed by atoms with Crippen LogP contribution < -0.4 is 10.2 Å². The molecule has 2 N–H and O–H groups in total. The van der Waals surface area contributed by atoms with Crippen LogP contribution in [0.4, 0.5) is 23.9 Å². The highest BCUT2D eigenvalue weighted by molar-refractivity contribution is 5.65. The minimum atomic E-state index is -4.46. The fourth-order valence-electron chi connectivity index (χ4n) is 1.54. The van der Waals surface area contributed by atoms with Crippen LogP contribution in [0.5, 0.6) is 0 Å². The molecule has 98 valence electrons. The van der Waals surface area contributed by atoms with E-state index in [-0.39, 0.29) is 12.0 Å². The molecule has 0 aromatic carbocycles. The van der Waals surface area contributed by atoms with Gasteiger partial charge in [-0.2, -0.15) is 13.2 Å². The number of anilines is 1. The van der Waals surface area contributed by atoms with Crippen LogP contribution in [-0.2, 0) is 6.18 Å². The van der Waals surface area contributed by atoms with E-state index in [0.29, 0.717) is 25.5 Å². The molecule has 1 aliphatic rings. The first-order valence-electron chi connectivity index (χ1n) is 5.00. The molecule has 1 aromatic heterocycles. The predicted molar refractivity (Wildman–Crippen MR) is 54.2 cm³/mol. The summed E-state index contributed by atoms with van der Waals surface area (Å²) in [6, 6.07) is -0.242. The van der Waals surface area contributed by atoms with Crippen LogP contribution in [-0.4, -0.2) is 40.3 Å². The van der Waals surface area contributed by atoms with Crippen molar-refractivity contribution in [1.82, 2.24) is 15.3 Å². The van der Waals surface area contributed by atoms with E-state index >= 15 is 0 Å². The van der Waals surface area contributed by atoms with Gasteiger partial charge in [-0.1, -0.05) is 0 Å². The zero-order valence-electron chi connectivity index (χ0n) is 8.98. The Bertz CT molecular complexity index is 442. The number of nitrogens with zero attached hydrogens (tertiary/aromatic N) is 3. The number of aromatic nitrogens is 2. The van der Waals surface area contributed by atoms with Gasteiger partial charge in [-0.15, -0.1) is 0 Å². The van der Waals surface area contributed by atoms with Gasteiger partial charge in [-0.25, -0.2) is 14.8 Å². The average molecular weight is 262 g/mol. The molecule has 2 heterocycles. The maximum absolute atomic E-state index is 12.3. The fourth-order valence-corrected chi connectivity index (χ4v) is 1.54. The number of hydrogen-bond donors (Lipinski definition) is 2. The molecule has 1 amide bonds. The Balaban J connectivity index is 1.95. The van der Waals surface area contributed by atoms with E-state index in [2.05, 4.69) is 15.3 Å². The standard InChI is InChI=1S/C9H9F3N4O2/c10-9(11,12)5-1-13-7(14-2-5)16-3-6(4-16)15-8(17)18/h1-2,6,15H,3-4H2,(H,17,18). The molecule has 18 heavy (non-hydrogen) atoms. The average Bonchev–Trinajstić information content (AvgIpc) is 2.21. The number of carbonyl (C=O) groups is 1. The monoisotopic (exact) mass is 262 g/mol. The molecular formula is C9H9F3N4O2. The number of amides is 1. The summed E-state index contributed by atoms with van der Waals surface area (Å²) in [6.45, 7) is 0.690. The summed E-state index contributed by atoms with van der Waals surface area (Å²) in [5.41, 5.74) is -0.910. The van der Waals surface area contributed by atoms with Gasteiger partial charge >= 0.3 is 12.3 Å². The van der Waals surface area contributed by atoms with Gasteiger partial charge in [0.05, 0.1) is 11.6 Å². The number of halogens is 3. The van der Waals surface area contributed by atoms with Crippen molar-refractivity contribution in [3.63, 3.8) is 0 Å².